The van der Waals surface area contributed by atoms with Crippen molar-refractivity contribution in [3.63, 3.8) is 0 Å². The Kier molecular flexibility index (Phi) is 3.88. The average Bonchev–Trinajstić information content (AvgIpc) is 2.74. The fourth-order valence-corrected chi connectivity index (χ4v) is 2.48. The molecule has 22 heavy (non-hydrogen) atoms. The summed E-state index contributed by atoms with van der Waals surface area (Å²) in [6.45, 7) is 1.37. The molecule has 0 radical (unpaired) electrons. The topological polar surface area (TPSA) is 109 Å². The van der Waals surface area contributed by atoms with Crippen LogP contribution < -0.4 is 10.4 Å². The second-order valence-corrected chi connectivity index (χ2v) is 5.23. The maximum atomic E-state index is 11.4. The van der Waals surface area contributed by atoms with Gasteiger partial charge >= 0.3 is 5.63 Å². The number of aliphatic hydroxyl groups is 3. The zero-order chi connectivity index (χ0) is 15.9. The summed E-state index contributed by atoms with van der Waals surface area (Å²) in [6, 6.07) is 6.28. The van der Waals surface area contributed by atoms with Crippen molar-refractivity contribution in [3.8, 4) is 5.75 Å². The molecule has 0 unspecified atom stereocenters. The van der Waals surface area contributed by atoms with Gasteiger partial charge in [0.2, 0.25) is 6.29 Å². The molecule has 3 N–H and O–H groups in total. The first-order chi connectivity index (χ1) is 10.5. The second-order valence-electron chi connectivity index (χ2n) is 5.23. The van der Waals surface area contributed by atoms with Crippen LogP contribution in [0.2, 0.25) is 0 Å². The van der Waals surface area contributed by atoms with Crippen LogP contribution in [0.15, 0.2) is 33.5 Å². The number of fused-ring (bicyclic) bond motifs is 1. The van der Waals surface area contributed by atoms with Gasteiger partial charge in [0, 0.05) is 17.5 Å². The molecule has 1 aliphatic heterocycles. The molecule has 4 atom stereocenters. The zero-order valence-corrected chi connectivity index (χ0v) is 11.8. The van der Waals surface area contributed by atoms with Gasteiger partial charge < -0.3 is 29.2 Å². The monoisotopic (exact) mass is 308 g/mol. The fourth-order valence-electron chi connectivity index (χ4n) is 2.48. The van der Waals surface area contributed by atoms with E-state index in [1.54, 1.807) is 19.1 Å². The number of ether oxygens (including phenoxy) is 2. The Hall–Kier alpha value is -1.93. The lowest BCUT2D eigenvalue weighted by molar-refractivity contribution is -0.116. The van der Waals surface area contributed by atoms with E-state index < -0.39 is 36.8 Å². The summed E-state index contributed by atoms with van der Waals surface area (Å²) in [7, 11) is 0. The van der Waals surface area contributed by atoms with Crippen LogP contribution in [0.5, 0.6) is 5.75 Å². The van der Waals surface area contributed by atoms with E-state index in [9.17, 15) is 15.0 Å². The lowest BCUT2D eigenvalue weighted by Gasteiger charge is -2.17. The van der Waals surface area contributed by atoms with Gasteiger partial charge in [-0.2, -0.15) is 0 Å². The Morgan fingerprint density at radius 1 is 1.23 bits per heavy atom. The van der Waals surface area contributed by atoms with Crippen molar-refractivity contribution in [2.24, 2.45) is 0 Å². The van der Waals surface area contributed by atoms with E-state index in [1.807, 2.05) is 0 Å². The number of hydrogen-bond acceptors (Lipinski definition) is 7. The summed E-state index contributed by atoms with van der Waals surface area (Å²) >= 11 is 0. The van der Waals surface area contributed by atoms with Crippen molar-refractivity contribution in [3.05, 3.63) is 40.2 Å². The van der Waals surface area contributed by atoms with Crippen LogP contribution in [-0.4, -0.2) is 46.5 Å². The smallest absolute Gasteiger partial charge is 0.336 e. The molecule has 1 aliphatic rings. The predicted octanol–water partition coefficient (Wildman–Crippen LogP) is -0.0808. The minimum atomic E-state index is -1.28. The Bertz CT molecular complexity index is 738. The van der Waals surface area contributed by atoms with Gasteiger partial charge in [0.15, 0.2) is 0 Å². The minimum absolute atomic E-state index is 0.316. The Morgan fingerprint density at radius 2 is 2.00 bits per heavy atom. The van der Waals surface area contributed by atoms with E-state index in [4.69, 9.17) is 19.0 Å². The molecule has 1 saturated heterocycles. The highest BCUT2D eigenvalue weighted by Crippen LogP contribution is 2.27. The van der Waals surface area contributed by atoms with Crippen molar-refractivity contribution in [2.75, 3.05) is 6.61 Å². The van der Waals surface area contributed by atoms with Gasteiger partial charge in [0.05, 0.1) is 6.61 Å². The van der Waals surface area contributed by atoms with Crippen molar-refractivity contribution >= 4 is 11.0 Å². The first-order valence-corrected chi connectivity index (χ1v) is 6.83. The van der Waals surface area contributed by atoms with Gasteiger partial charge in [-0.25, -0.2) is 4.79 Å². The molecule has 3 rings (SSSR count). The van der Waals surface area contributed by atoms with Crippen LogP contribution in [0.4, 0.5) is 0 Å². The highest BCUT2D eigenvalue weighted by atomic mass is 16.7. The van der Waals surface area contributed by atoms with Crippen LogP contribution >= 0.6 is 0 Å². The van der Waals surface area contributed by atoms with Crippen LogP contribution in [0.25, 0.3) is 11.0 Å². The molecule has 118 valence electrons. The summed E-state index contributed by atoms with van der Waals surface area (Å²) in [6.07, 6.45) is -4.52. The summed E-state index contributed by atoms with van der Waals surface area (Å²) in [5, 5.41) is 29.3. The zero-order valence-electron chi connectivity index (χ0n) is 11.8. The lowest BCUT2D eigenvalue weighted by Crippen LogP contribution is -2.35. The van der Waals surface area contributed by atoms with Crippen molar-refractivity contribution in [1.82, 2.24) is 0 Å². The van der Waals surface area contributed by atoms with Gasteiger partial charge in [-0.05, 0) is 24.6 Å². The van der Waals surface area contributed by atoms with Crippen LogP contribution in [0.1, 0.15) is 5.56 Å². The third-order valence-corrected chi connectivity index (χ3v) is 3.67. The molecular formula is C15H16O7. The predicted molar refractivity (Wildman–Crippen MR) is 75.6 cm³/mol. The first-order valence-electron chi connectivity index (χ1n) is 6.83. The van der Waals surface area contributed by atoms with Crippen LogP contribution in [0.3, 0.4) is 0 Å². The highest BCUT2D eigenvalue weighted by Gasteiger charge is 2.43. The second kappa shape index (κ2) is 5.69. The van der Waals surface area contributed by atoms with Crippen molar-refractivity contribution in [1.29, 1.82) is 0 Å². The third kappa shape index (κ3) is 2.59. The largest absolute Gasteiger partial charge is 0.462 e. The first kappa shape index (κ1) is 15.0. The minimum Gasteiger partial charge on any atom is -0.462 e. The van der Waals surface area contributed by atoms with E-state index in [0.29, 0.717) is 11.3 Å². The lowest BCUT2D eigenvalue weighted by atomic mass is 10.1. The SMILES string of the molecule is Cc1cc(=O)oc2cc(O[C@@H]3O[C@@H](CO)[C@@H](O)[C@@H]3O)ccc12. The molecule has 7 nitrogen and oxygen atoms in total. The quantitative estimate of drug-likeness (QED) is 0.680. The molecule has 1 aromatic heterocycles. The number of benzene rings is 1. The molecule has 0 amide bonds. The molecule has 0 aliphatic carbocycles. The van der Waals surface area contributed by atoms with Crippen LogP contribution in [0, 0.1) is 6.92 Å². The van der Waals surface area contributed by atoms with Gasteiger partial charge in [-0.1, -0.05) is 0 Å². The van der Waals surface area contributed by atoms with Crippen molar-refractivity contribution in [2.45, 2.75) is 31.5 Å². The van der Waals surface area contributed by atoms with E-state index in [-0.39, 0.29) is 0 Å². The molecule has 0 saturated carbocycles. The molecule has 2 aromatic rings. The molecular weight excluding hydrogens is 292 g/mol. The molecule has 7 heteroatoms. The average molecular weight is 308 g/mol. The summed E-state index contributed by atoms with van der Waals surface area (Å²) in [4.78, 5) is 11.4. The Labute approximate surface area is 125 Å². The van der Waals surface area contributed by atoms with E-state index in [1.165, 1.54) is 12.1 Å². The highest BCUT2D eigenvalue weighted by molar-refractivity contribution is 5.81. The van der Waals surface area contributed by atoms with Gasteiger partial charge in [0.1, 0.15) is 29.6 Å². The molecule has 1 fully saturated rings. The van der Waals surface area contributed by atoms with E-state index in [0.717, 1.165) is 10.9 Å². The number of hydrogen-bond donors (Lipinski definition) is 3. The standard InChI is InChI=1S/C15H16O7/c1-7-4-12(17)21-10-5-8(2-3-9(7)10)20-15-14(19)13(18)11(6-16)22-15/h2-5,11,13-16,18-19H,6H2,1H3/t11-,13+,14-,15+/m0/s1. The Balaban J connectivity index is 1.87. The van der Waals surface area contributed by atoms with Crippen molar-refractivity contribution < 1.29 is 29.2 Å². The third-order valence-electron chi connectivity index (χ3n) is 3.67. The number of aliphatic hydroxyl groups excluding tert-OH is 3. The molecule has 0 bridgehead atoms. The molecule has 1 aromatic carbocycles. The van der Waals surface area contributed by atoms with Gasteiger partial charge in [-0.15, -0.1) is 0 Å². The molecule has 2 heterocycles. The van der Waals surface area contributed by atoms with Gasteiger partial charge in [0.25, 0.3) is 0 Å². The summed E-state index contributed by atoms with van der Waals surface area (Å²) in [5.41, 5.74) is 0.676. The fraction of sp³-hybridized carbons (Fsp3) is 0.400. The summed E-state index contributed by atoms with van der Waals surface area (Å²) < 4.78 is 15.8. The summed E-state index contributed by atoms with van der Waals surface area (Å²) in [5.74, 6) is 0.316. The van der Waals surface area contributed by atoms with E-state index in [2.05, 4.69) is 0 Å². The molecule has 0 spiro atoms. The maximum Gasteiger partial charge on any atom is 0.336 e. The maximum absolute atomic E-state index is 11.4. The van der Waals surface area contributed by atoms with Gasteiger partial charge in [-0.3, -0.25) is 0 Å². The normalized spacial score (nSPS) is 28.2. The number of aryl methyl sites for hydroxylation is 1. The number of rotatable bonds is 3. The van der Waals surface area contributed by atoms with Crippen LogP contribution in [-0.2, 0) is 4.74 Å². The Morgan fingerprint density at radius 3 is 2.68 bits per heavy atom. The van der Waals surface area contributed by atoms with E-state index >= 15 is 0 Å².